The van der Waals surface area contributed by atoms with Crippen LogP contribution in [-0.4, -0.2) is 38.3 Å². The Bertz CT molecular complexity index is 2900. The molecule has 0 aliphatic heterocycles. The van der Waals surface area contributed by atoms with Crippen LogP contribution in [0.4, 0.5) is 0 Å². The SMILES string of the molecule is Cc1cc(O)c2ncccc2c1.NC(=O)c1ccccc1Cl.O=C(NC(c1cc(Cl)ccc1Cl)c1ccc2cccnc2c1O)c1ccccc1Cl.O=Cc1cc(Cl)ccc1Cl. The van der Waals surface area contributed by atoms with Crippen LogP contribution >= 0.6 is 69.6 Å². The van der Waals surface area contributed by atoms with Crippen LogP contribution in [0.25, 0.3) is 21.8 Å². The molecule has 1 unspecified atom stereocenters. The van der Waals surface area contributed by atoms with Gasteiger partial charge in [-0.05, 0) is 103 Å². The number of phenols is 2. The van der Waals surface area contributed by atoms with Gasteiger partial charge >= 0.3 is 0 Å². The molecule has 0 saturated heterocycles. The van der Waals surface area contributed by atoms with Crippen molar-refractivity contribution in [3.05, 3.63) is 209 Å². The lowest BCUT2D eigenvalue weighted by molar-refractivity contribution is 0.0941. The molecule has 15 heteroatoms. The molecular weight excluding hydrogens is 913 g/mol. The molecule has 0 aliphatic rings. The van der Waals surface area contributed by atoms with E-state index in [9.17, 15) is 24.6 Å². The number of hydrogen-bond donors (Lipinski definition) is 4. The minimum Gasteiger partial charge on any atom is -0.506 e. The number of nitrogens with one attached hydrogen (secondary N) is 1. The van der Waals surface area contributed by atoms with E-state index in [1.54, 1.807) is 109 Å². The second kappa shape index (κ2) is 22.3. The first-order valence-corrected chi connectivity index (χ1v) is 20.5. The third kappa shape index (κ3) is 12.4. The van der Waals surface area contributed by atoms with Crippen LogP contribution in [-0.2, 0) is 0 Å². The van der Waals surface area contributed by atoms with Crippen LogP contribution in [0.5, 0.6) is 11.5 Å². The smallest absolute Gasteiger partial charge is 0.253 e. The van der Waals surface area contributed by atoms with Crippen LogP contribution in [0, 0.1) is 6.92 Å². The maximum absolute atomic E-state index is 13.0. The minimum atomic E-state index is -0.786. The number of benzene rings is 6. The van der Waals surface area contributed by atoms with Crippen molar-refractivity contribution < 1.29 is 24.6 Å². The number of rotatable bonds is 6. The van der Waals surface area contributed by atoms with E-state index in [1.165, 1.54) is 6.07 Å². The van der Waals surface area contributed by atoms with E-state index in [2.05, 4.69) is 15.3 Å². The number of primary amides is 1. The first-order valence-electron chi connectivity index (χ1n) is 18.2. The molecule has 62 heavy (non-hydrogen) atoms. The van der Waals surface area contributed by atoms with Crippen molar-refractivity contribution in [2.45, 2.75) is 13.0 Å². The molecule has 2 aromatic heterocycles. The van der Waals surface area contributed by atoms with Gasteiger partial charge in [0.15, 0.2) is 6.29 Å². The van der Waals surface area contributed by atoms with E-state index in [4.69, 9.17) is 75.3 Å². The molecule has 2 heterocycles. The molecule has 0 saturated carbocycles. The van der Waals surface area contributed by atoms with Gasteiger partial charge in [0.05, 0.1) is 32.2 Å². The molecule has 9 nitrogen and oxygen atoms in total. The van der Waals surface area contributed by atoms with Crippen molar-refractivity contribution >= 4 is 110 Å². The zero-order chi connectivity index (χ0) is 44.9. The van der Waals surface area contributed by atoms with Crippen LogP contribution in [0.15, 0.2) is 146 Å². The number of nitrogens with two attached hydrogens (primary N) is 1. The summed E-state index contributed by atoms with van der Waals surface area (Å²) in [4.78, 5) is 42.2. The van der Waals surface area contributed by atoms with Gasteiger partial charge in [0.25, 0.3) is 5.91 Å². The number of aromatic nitrogens is 2. The van der Waals surface area contributed by atoms with E-state index in [-0.39, 0.29) is 11.5 Å². The van der Waals surface area contributed by atoms with Crippen LogP contribution in [0.2, 0.25) is 30.1 Å². The van der Waals surface area contributed by atoms with Gasteiger partial charge in [-0.3, -0.25) is 24.4 Å². The largest absolute Gasteiger partial charge is 0.506 e. The van der Waals surface area contributed by atoms with E-state index in [0.29, 0.717) is 75.3 Å². The molecule has 0 fully saturated rings. The number of pyridine rings is 2. The molecule has 0 aliphatic carbocycles. The van der Waals surface area contributed by atoms with Gasteiger partial charge in [0, 0.05) is 49.4 Å². The van der Waals surface area contributed by atoms with Gasteiger partial charge in [-0.1, -0.05) is 118 Å². The Morgan fingerprint density at radius 2 is 1.19 bits per heavy atom. The molecule has 8 aromatic rings. The quantitative estimate of drug-likeness (QED) is 0.121. The molecule has 0 radical (unpaired) electrons. The number of phenolic OH excluding ortho intramolecular Hbond substituents is 2. The summed E-state index contributed by atoms with van der Waals surface area (Å²) in [5.41, 5.74) is 9.20. The highest BCUT2D eigenvalue weighted by Gasteiger charge is 2.25. The Labute approximate surface area is 386 Å². The Balaban J connectivity index is 0.000000184. The fourth-order valence-electron chi connectivity index (χ4n) is 5.88. The second-order valence-electron chi connectivity index (χ2n) is 13.1. The maximum Gasteiger partial charge on any atom is 0.253 e. The number of carbonyl (C=O) groups excluding carboxylic acids is 3. The van der Waals surface area contributed by atoms with Crippen LogP contribution < -0.4 is 11.1 Å². The van der Waals surface area contributed by atoms with E-state index in [0.717, 1.165) is 16.3 Å². The van der Waals surface area contributed by atoms with Crippen molar-refractivity contribution in [1.29, 1.82) is 0 Å². The molecule has 314 valence electrons. The Kier molecular flexibility index (Phi) is 16.9. The predicted molar refractivity (Wildman–Crippen MR) is 251 cm³/mol. The molecule has 2 amide bonds. The number of carbonyl (C=O) groups is 3. The number of hydrogen-bond acceptors (Lipinski definition) is 7. The van der Waals surface area contributed by atoms with Crippen molar-refractivity contribution in [2.24, 2.45) is 5.73 Å². The van der Waals surface area contributed by atoms with Gasteiger partial charge in [0.2, 0.25) is 5.91 Å². The summed E-state index contributed by atoms with van der Waals surface area (Å²) >= 11 is 35.6. The summed E-state index contributed by atoms with van der Waals surface area (Å²) < 4.78 is 0. The van der Waals surface area contributed by atoms with E-state index >= 15 is 0 Å². The number of aryl methyl sites for hydroxylation is 1. The predicted octanol–water partition coefficient (Wildman–Crippen LogP) is 12.9. The summed E-state index contributed by atoms with van der Waals surface area (Å²) in [6.07, 6.45) is 3.95. The van der Waals surface area contributed by atoms with E-state index in [1.807, 2.05) is 37.3 Å². The number of fused-ring (bicyclic) bond motifs is 2. The average Bonchev–Trinajstić information content (AvgIpc) is 3.26. The molecular formula is C47H34Cl6N4O5. The lowest BCUT2D eigenvalue weighted by Crippen LogP contribution is -2.30. The molecule has 1 atom stereocenters. The Morgan fingerprint density at radius 1 is 0.613 bits per heavy atom. The summed E-state index contributed by atoms with van der Waals surface area (Å²) in [5.74, 6) is -0.702. The monoisotopic (exact) mass is 944 g/mol. The normalized spacial score (nSPS) is 10.8. The zero-order valence-corrected chi connectivity index (χ0v) is 36.9. The highest BCUT2D eigenvalue weighted by atomic mass is 35.5. The number of aromatic hydroxyl groups is 2. The number of halogens is 6. The lowest BCUT2D eigenvalue weighted by Gasteiger charge is -2.23. The van der Waals surface area contributed by atoms with Crippen molar-refractivity contribution in [3.8, 4) is 11.5 Å². The summed E-state index contributed by atoms with van der Waals surface area (Å²) in [7, 11) is 0. The second-order valence-corrected chi connectivity index (χ2v) is 15.6. The minimum absolute atomic E-state index is 0.0476. The third-order valence-electron chi connectivity index (χ3n) is 8.81. The highest BCUT2D eigenvalue weighted by Crippen LogP contribution is 2.38. The van der Waals surface area contributed by atoms with Crippen LogP contribution in [0.1, 0.15) is 53.8 Å². The van der Waals surface area contributed by atoms with E-state index < -0.39 is 17.9 Å². The van der Waals surface area contributed by atoms with Gasteiger partial charge in [-0.15, -0.1) is 0 Å². The maximum atomic E-state index is 13.0. The molecule has 6 aromatic carbocycles. The summed E-state index contributed by atoms with van der Waals surface area (Å²) in [6.45, 7) is 1.95. The fraction of sp³-hybridized carbons (Fsp3) is 0.0426. The standard InChI is InChI=1S/C23H15Cl3N2O2.C10H9NO.C7H4Cl2O.C7H6ClNO/c24-14-8-10-19(26)17(12-14)21(28-23(30)15-5-1-2-6-18(15)25)16-9-7-13-4-3-11-27-20(13)22(16)29;1-7-5-8-3-2-4-11-10(8)9(12)6-7;8-6-1-2-7(9)5(3-6)4-10;8-6-4-2-1-3-5(6)7(9)10/h1-12,21,29H,(H,28,30);2-6,12H,1H3;1-4H;1-4H,(H2,9,10). The van der Waals surface area contributed by atoms with Gasteiger partial charge < -0.3 is 21.3 Å². The summed E-state index contributed by atoms with van der Waals surface area (Å²) in [6, 6.07) is 37.0. The number of aldehydes is 1. The van der Waals surface area contributed by atoms with Crippen molar-refractivity contribution in [3.63, 3.8) is 0 Å². The number of nitrogens with zero attached hydrogens (tertiary/aromatic N) is 2. The Hall–Kier alpha value is -5.91. The average molecular weight is 948 g/mol. The van der Waals surface area contributed by atoms with Gasteiger partial charge in [-0.2, -0.15) is 0 Å². The van der Waals surface area contributed by atoms with Gasteiger partial charge in [0.1, 0.15) is 22.5 Å². The van der Waals surface area contributed by atoms with Gasteiger partial charge in [-0.25, -0.2) is 0 Å². The third-order valence-corrected chi connectivity index (χ3v) is 10.6. The fourth-order valence-corrected chi connectivity index (χ4v) is 7.08. The molecule has 8 rings (SSSR count). The zero-order valence-electron chi connectivity index (χ0n) is 32.4. The number of amides is 2. The lowest BCUT2D eigenvalue weighted by atomic mass is 9.95. The summed E-state index contributed by atoms with van der Waals surface area (Å²) in [5, 5.41) is 27.6. The highest BCUT2D eigenvalue weighted by molar-refractivity contribution is 6.35. The first kappa shape index (κ1) is 47.1. The molecule has 5 N–H and O–H groups in total. The van der Waals surface area contributed by atoms with Crippen molar-refractivity contribution in [2.75, 3.05) is 0 Å². The van der Waals surface area contributed by atoms with Crippen molar-refractivity contribution in [1.82, 2.24) is 15.3 Å². The van der Waals surface area contributed by atoms with Crippen LogP contribution in [0.3, 0.4) is 0 Å². The first-order chi connectivity index (χ1) is 29.7. The Morgan fingerprint density at radius 3 is 1.79 bits per heavy atom. The molecule has 0 spiro atoms. The molecule has 0 bridgehead atoms. The topological polar surface area (TPSA) is 156 Å².